The van der Waals surface area contributed by atoms with Crippen LogP contribution >= 0.6 is 11.3 Å². The normalized spacial score (nSPS) is 12.7. The van der Waals surface area contributed by atoms with Crippen molar-refractivity contribution in [2.24, 2.45) is 0 Å². The van der Waals surface area contributed by atoms with E-state index in [0.717, 1.165) is 16.4 Å². The van der Waals surface area contributed by atoms with Gasteiger partial charge in [-0.25, -0.2) is 4.98 Å². The minimum absolute atomic E-state index is 0.497. The van der Waals surface area contributed by atoms with E-state index in [4.69, 9.17) is 0 Å². The van der Waals surface area contributed by atoms with Gasteiger partial charge in [-0.3, -0.25) is 9.97 Å². The lowest BCUT2D eigenvalue weighted by atomic mass is 10.2. The number of hydrogen-bond donors (Lipinski definition) is 1. The first-order valence-electron chi connectivity index (χ1n) is 5.46. The summed E-state index contributed by atoms with van der Waals surface area (Å²) in [6.07, 6.45) is 3.15. The molecule has 1 atom stereocenters. The Bertz CT molecular complexity index is 487. The quantitative estimate of drug-likeness (QED) is 0.905. The molecule has 4 nitrogen and oxygen atoms in total. The van der Waals surface area contributed by atoms with E-state index in [0.29, 0.717) is 12.1 Å². The molecule has 0 aliphatic heterocycles. The van der Waals surface area contributed by atoms with Gasteiger partial charge in [0.25, 0.3) is 0 Å². The Kier molecular flexibility index (Phi) is 3.49. The molecule has 0 saturated carbocycles. The van der Waals surface area contributed by atoms with Gasteiger partial charge in [-0.1, -0.05) is 0 Å². The van der Waals surface area contributed by atoms with Gasteiger partial charge >= 0.3 is 0 Å². The van der Waals surface area contributed by atoms with Gasteiger partial charge in [0.15, 0.2) is 0 Å². The molecule has 0 fully saturated rings. The van der Waals surface area contributed by atoms with Gasteiger partial charge in [-0.15, -0.1) is 11.3 Å². The van der Waals surface area contributed by atoms with Crippen LogP contribution < -0.4 is 0 Å². The SMILES string of the molecule is Cc1cnc(C(O)Cc2nc(C)c(C)s2)cn1. The second-order valence-corrected chi connectivity index (χ2v) is 5.34. The Morgan fingerprint density at radius 2 is 2.00 bits per heavy atom. The third-order valence-corrected chi connectivity index (χ3v) is 3.68. The monoisotopic (exact) mass is 249 g/mol. The second kappa shape index (κ2) is 4.89. The Morgan fingerprint density at radius 3 is 2.53 bits per heavy atom. The molecule has 0 aliphatic carbocycles. The molecular formula is C12H15N3OS. The van der Waals surface area contributed by atoms with Crippen molar-refractivity contribution in [3.63, 3.8) is 0 Å². The molecular weight excluding hydrogens is 234 g/mol. The molecule has 1 unspecified atom stereocenters. The number of hydrogen-bond acceptors (Lipinski definition) is 5. The summed E-state index contributed by atoms with van der Waals surface area (Å²) >= 11 is 1.62. The summed E-state index contributed by atoms with van der Waals surface area (Å²) in [5.74, 6) is 0. The predicted molar refractivity (Wildman–Crippen MR) is 67.0 cm³/mol. The highest BCUT2D eigenvalue weighted by molar-refractivity contribution is 7.11. The van der Waals surface area contributed by atoms with Gasteiger partial charge in [0.05, 0.1) is 28.3 Å². The van der Waals surface area contributed by atoms with Gasteiger partial charge in [-0.2, -0.15) is 0 Å². The first-order valence-corrected chi connectivity index (χ1v) is 6.27. The van der Waals surface area contributed by atoms with E-state index in [2.05, 4.69) is 15.0 Å². The third kappa shape index (κ3) is 2.87. The maximum atomic E-state index is 10.0. The molecule has 2 aromatic rings. The highest BCUT2D eigenvalue weighted by Crippen LogP contribution is 2.22. The van der Waals surface area contributed by atoms with Crippen molar-refractivity contribution in [1.29, 1.82) is 0 Å². The maximum Gasteiger partial charge on any atom is 0.104 e. The van der Waals surface area contributed by atoms with Crippen LogP contribution in [0.2, 0.25) is 0 Å². The molecule has 0 saturated heterocycles. The molecule has 0 spiro atoms. The van der Waals surface area contributed by atoms with Crippen LogP contribution in [0.25, 0.3) is 0 Å². The van der Waals surface area contributed by atoms with Crippen molar-refractivity contribution < 1.29 is 5.11 Å². The lowest BCUT2D eigenvalue weighted by molar-refractivity contribution is 0.173. The topological polar surface area (TPSA) is 58.9 Å². The fraction of sp³-hybridized carbons (Fsp3) is 0.417. The van der Waals surface area contributed by atoms with Crippen molar-refractivity contribution in [2.45, 2.75) is 33.3 Å². The van der Waals surface area contributed by atoms with Crippen molar-refractivity contribution in [1.82, 2.24) is 15.0 Å². The summed E-state index contributed by atoms with van der Waals surface area (Å²) in [5, 5.41) is 11.0. The van der Waals surface area contributed by atoms with Crippen LogP contribution in [0.4, 0.5) is 0 Å². The Balaban J connectivity index is 2.11. The number of aromatic nitrogens is 3. The van der Waals surface area contributed by atoms with E-state index in [9.17, 15) is 5.11 Å². The molecule has 0 amide bonds. The smallest absolute Gasteiger partial charge is 0.104 e. The zero-order chi connectivity index (χ0) is 12.4. The van der Waals surface area contributed by atoms with Crippen LogP contribution in [-0.2, 0) is 6.42 Å². The third-order valence-electron chi connectivity index (χ3n) is 2.58. The lowest BCUT2D eigenvalue weighted by Crippen LogP contribution is -2.05. The van der Waals surface area contributed by atoms with Gasteiger partial charge in [0.2, 0.25) is 0 Å². The Labute approximate surface area is 104 Å². The zero-order valence-electron chi connectivity index (χ0n) is 10.1. The fourth-order valence-corrected chi connectivity index (χ4v) is 2.44. The minimum atomic E-state index is -0.631. The molecule has 5 heteroatoms. The summed E-state index contributed by atoms with van der Waals surface area (Å²) in [6.45, 7) is 5.89. The second-order valence-electron chi connectivity index (χ2n) is 4.05. The van der Waals surface area contributed by atoms with E-state index < -0.39 is 6.10 Å². The Hall–Kier alpha value is -1.33. The summed E-state index contributed by atoms with van der Waals surface area (Å²) in [7, 11) is 0. The van der Waals surface area contributed by atoms with Crippen LogP contribution in [-0.4, -0.2) is 20.1 Å². The van der Waals surface area contributed by atoms with E-state index in [1.807, 2.05) is 20.8 Å². The molecule has 17 heavy (non-hydrogen) atoms. The molecule has 0 aliphatic rings. The molecule has 2 heterocycles. The van der Waals surface area contributed by atoms with Crippen LogP contribution in [0.5, 0.6) is 0 Å². The average molecular weight is 249 g/mol. The number of rotatable bonds is 3. The number of aliphatic hydroxyl groups excluding tert-OH is 1. The number of aliphatic hydroxyl groups is 1. The molecule has 1 N–H and O–H groups in total. The largest absolute Gasteiger partial charge is 0.386 e. The van der Waals surface area contributed by atoms with E-state index in [-0.39, 0.29) is 0 Å². The number of thiazole rings is 1. The van der Waals surface area contributed by atoms with Crippen LogP contribution in [0.3, 0.4) is 0 Å². The first-order chi connectivity index (χ1) is 8.06. The predicted octanol–water partition coefficient (Wildman–Crippen LogP) is 2.13. The molecule has 0 bridgehead atoms. The molecule has 2 aromatic heterocycles. The van der Waals surface area contributed by atoms with Gasteiger partial charge in [0, 0.05) is 17.5 Å². The first kappa shape index (κ1) is 12.1. The van der Waals surface area contributed by atoms with Crippen LogP contribution in [0, 0.1) is 20.8 Å². The standard InChI is InChI=1S/C12H15N3OS/c1-7-5-14-10(6-13-7)11(16)4-12-15-8(2)9(3)17-12/h5-6,11,16H,4H2,1-3H3. The summed E-state index contributed by atoms with van der Waals surface area (Å²) in [5.41, 5.74) is 2.48. The summed E-state index contributed by atoms with van der Waals surface area (Å²) in [4.78, 5) is 13.9. The van der Waals surface area contributed by atoms with Crippen LogP contribution in [0.15, 0.2) is 12.4 Å². The molecule has 90 valence electrons. The van der Waals surface area contributed by atoms with Crippen molar-refractivity contribution >= 4 is 11.3 Å². The fourth-order valence-electron chi connectivity index (χ4n) is 1.47. The van der Waals surface area contributed by atoms with Crippen LogP contribution in [0.1, 0.15) is 33.1 Å². The number of nitrogens with zero attached hydrogens (tertiary/aromatic N) is 3. The van der Waals surface area contributed by atoms with Crippen molar-refractivity contribution in [3.05, 3.63) is 39.4 Å². The molecule has 2 rings (SSSR count). The van der Waals surface area contributed by atoms with Gasteiger partial charge in [0.1, 0.15) is 6.10 Å². The van der Waals surface area contributed by atoms with Gasteiger partial charge < -0.3 is 5.11 Å². The number of aryl methyl sites for hydroxylation is 3. The van der Waals surface area contributed by atoms with Gasteiger partial charge in [-0.05, 0) is 20.8 Å². The summed E-state index contributed by atoms with van der Waals surface area (Å²) in [6, 6.07) is 0. The molecule has 0 aromatic carbocycles. The van der Waals surface area contributed by atoms with E-state index in [1.54, 1.807) is 23.7 Å². The maximum absolute atomic E-state index is 10.0. The Morgan fingerprint density at radius 1 is 1.24 bits per heavy atom. The lowest BCUT2D eigenvalue weighted by Gasteiger charge is -2.07. The van der Waals surface area contributed by atoms with Crippen molar-refractivity contribution in [2.75, 3.05) is 0 Å². The summed E-state index contributed by atoms with van der Waals surface area (Å²) < 4.78 is 0. The van der Waals surface area contributed by atoms with E-state index >= 15 is 0 Å². The minimum Gasteiger partial charge on any atom is -0.386 e. The highest BCUT2D eigenvalue weighted by atomic mass is 32.1. The van der Waals surface area contributed by atoms with E-state index in [1.165, 1.54) is 4.88 Å². The highest BCUT2D eigenvalue weighted by Gasteiger charge is 2.13. The average Bonchev–Trinajstić information content (AvgIpc) is 2.58. The molecule has 0 radical (unpaired) electrons. The zero-order valence-corrected chi connectivity index (χ0v) is 11.0. The van der Waals surface area contributed by atoms with Crippen molar-refractivity contribution in [3.8, 4) is 0 Å².